The summed E-state index contributed by atoms with van der Waals surface area (Å²) in [5.74, 6) is 0.293. The topological polar surface area (TPSA) is 54.7 Å². The average Bonchev–Trinajstić information content (AvgIpc) is 1.90. The second kappa shape index (κ2) is 2.48. The van der Waals surface area contributed by atoms with Gasteiger partial charge >= 0.3 is 0 Å². The predicted octanol–water partition coefficient (Wildman–Crippen LogP) is 0.386. The summed E-state index contributed by atoms with van der Waals surface area (Å²) in [5.41, 5.74) is 0.301. The van der Waals surface area contributed by atoms with E-state index in [2.05, 4.69) is 9.99 Å². The number of hydrogen-bond donors (Lipinski definition) is 1. The van der Waals surface area contributed by atoms with Crippen LogP contribution >= 0.6 is 0 Å². The van der Waals surface area contributed by atoms with Crippen molar-refractivity contribution in [2.75, 3.05) is 13.2 Å². The van der Waals surface area contributed by atoms with Crippen molar-refractivity contribution >= 4 is 11.6 Å². The highest BCUT2D eigenvalue weighted by Crippen LogP contribution is 1.93. The van der Waals surface area contributed by atoms with Crippen LogP contribution in [-0.4, -0.2) is 24.8 Å². The van der Waals surface area contributed by atoms with E-state index in [0.29, 0.717) is 24.8 Å². The molecule has 1 rings (SSSR count). The van der Waals surface area contributed by atoms with Gasteiger partial charge in [-0.05, 0) is 12.1 Å². The van der Waals surface area contributed by atoms with Gasteiger partial charge in [0.15, 0.2) is 6.61 Å². The predicted molar refractivity (Wildman–Crippen MR) is 32.7 cm³/mol. The maximum Gasteiger partial charge on any atom is 0.271 e. The van der Waals surface area contributed by atoms with Crippen LogP contribution in [0.2, 0.25) is 0 Å². The van der Waals surface area contributed by atoms with Crippen LogP contribution in [0.1, 0.15) is 6.92 Å². The fraction of sp³-hybridized carbons (Fsp3) is 0.600. The third-order valence-electron chi connectivity index (χ3n) is 0.882. The molecule has 0 atom stereocenters. The molecule has 9 heavy (non-hydrogen) atoms. The zero-order valence-corrected chi connectivity index (χ0v) is 5.18. The number of nitrogens with zero attached hydrogens (tertiary/aromatic N) is 1. The van der Waals surface area contributed by atoms with Crippen LogP contribution in [0, 0.1) is 5.41 Å². The monoisotopic (exact) mass is 128 g/mol. The SMILES string of the molecule is CC(=N)C1=NOCCO1. The number of hydrogen-bond acceptors (Lipinski definition) is 4. The molecule has 0 spiro atoms. The Hall–Kier alpha value is -1.06. The first-order chi connectivity index (χ1) is 4.30. The highest BCUT2D eigenvalue weighted by molar-refractivity contribution is 6.36. The third kappa shape index (κ3) is 1.42. The summed E-state index contributed by atoms with van der Waals surface area (Å²) in [6.45, 7) is 2.58. The van der Waals surface area contributed by atoms with Crippen LogP contribution in [0.25, 0.3) is 0 Å². The van der Waals surface area contributed by atoms with E-state index >= 15 is 0 Å². The van der Waals surface area contributed by atoms with Gasteiger partial charge in [0.1, 0.15) is 6.61 Å². The smallest absolute Gasteiger partial charge is 0.271 e. The largest absolute Gasteiger partial charge is 0.471 e. The molecule has 0 bridgehead atoms. The van der Waals surface area contributed by atoms with Gasteiger partial charge in [0.05, 0.1) is 5.71 Å². The highest BCUT2D eigenvalue weighted by atomic mass is 16.7. The summed E-state index contributed by atoms with van der Waals surface area (Å²) in [6, 6.07) is 0. The molecule has 1 aliphatic heterocycles. The lowest BCUT2D eigenvalue weighted by molar-refractivity contribution is 0.0675. The Labute approximate surface area is 53.0 Å². The Morgan fingerprint density at radius 2 is 2.44 bits per heavy atom. The lowest BCUT2D eigenvalue weighted by Crippen LogP contribution is -2.21. The molecule has 0 saturated heterocycles. The summed E-state index contributed by atoms with van der Waals surface area (Å²) >= 11 is 0. The Kier molecular flexibility index (Phi) is 1.67. The van der Waals surface area contributed by atoms with E-state index in [4.69, 9.17) is 10.1 Å². The van der Waals surface area contributed by atoms with Crippen LogP contribution in [-0.2, 0) is 9.57 Å². The molecule has 0 aliphatic carbocycles. The van der Waals surface area contributed by atoms with Crippen LogP contribution in [0.4, 0.5) is 0 Å². The summed E-state index contributed by atoms with van der Waals surface area (Å²) < 4.78 is 4.94. The highest BCUT2D eigenvalue weighted by Gasteiger charge is 2.07. The Balaban J connectivity index is 2.57. The molecular formula is C5H8N2O2. The van der Waals surface area contributed by atoms with E-state index in [9.17, 15) is 0 Å². The molecule has 4 heteroatoms. The van der Waals surface area contributed by atoms with Gasteiger partial charge in [0.25, 0.3) is 5.90 Å². The van der Waals surface area contributed by atoms with E-state index in [0.717, 1.165) is 0 Å². The molecule has 0 aromatic rings. The van der Waals surface area contributed by atoms with E-state index < -0.39 is 0 Å². The van der Waals surface area contributed by atoms with Gasteiger partial charge in [-0.2, -0.15) is 0 Å². The normalized spacial score (nSPS) is 17.2. The molecule has 0 amide bonds. The van der Waals surface area contributed by atoms with Crippen LogP contribution in [0.15, 0.2) is 5.16 Å². The third-order valence-corrected chi connectivity index (χ3v) is 0.882. The first kappa shape index (κ1) is 6.07. The van der Waals surface area contributed by atoms with Crippen molar-refractivity contribution in [3.63, 3.8) is 0 Å². The minimum atomic E-state index is 0.293. The number of oxime groups is 1. The second-order valence-electron chi connectivity index (χ2n) is 1.70. The minimum absolute atomic E-state index is 0.293. The van der Waals surface area contributed by atoms with Crippen LogP contribution in [0.5, 0.6) is 0 Å². The number of rotatable bonds is 1. The molecule has 0 fully saturated rings. The minimum Gasteiger partial charge on any atom is -0.471 e. The van der Waals surface area contributed by atoms with Crippen LogP contribution in [0.3, 0.4) is 0 Å². The Bertz CT molecular complexity index is 153. The molecule has 1 aliphatic rings. The van der Waals surface area contributed by atoms with E-state index in [1.807, 2.05) is 0 Å². The van der Waals surface area contributed by atoms with Gasteiger partial charge in [0.2, 0.25) is 0 Å². The van der Waals surface area contributed by atoms with Crippen molar-refractivity contribution < 1.29 is 9.57 Å². The van der Waals surface area contributed by atoms with Gasteiger partial charge in [-0.3, -0.25) is 5.41 Å². The number of ether oxygens (including phenoxy) is 1. The Morgan fingerprint density at radius 3 is 2.78 bits per heavy atom. The van der Waals surface area contributed by atoms with Gasteiger partial charge < -0.3 is 9.57 Å². The molecule has 1 N–H and O–H groups in total. The van der Waals surface area contributed by atoms with Crippen molar-refractivity contribution in [1.29, 1.82) is 5.41 Å². The molecule has 4 nitrogen and oxygen atoms in total. The van der Waals surface area contributed by atoms with Gasteiger partial charge in [-0.15, -0.1) is 0 Å². The molecule has 0 saturated carbocycles. The lowest BCUT2D eigenvalue weighted by Gasteiger charge is -2.11. The first-order valence-electron chi connectivity index (χ1n) is 2.69. The van der Waals surface area contributed by atoms with Crippen molar-refractivity contribution in [3.05, 3.63) is 0 Å². The number of nitrogens with one attached hydrogen (secondary N) is 1. The fourth-order valence-electron chi connectivity index (χ4n) is 0.483. The maximum atomic E-state index is 7.05. The average molecular weight is 128 g/mol. The molecular weight excluding hydrogens is 120 g/mol. The maximum absolute atomic E-state index is 7.05. The van der Waals surface area contributed by atoms with Gasteiger partial charge in [-0.25, -0.2) is 0 Å². The zero-order chi connectivity index (χ0) is 6.69. The quantitative estimate of drug-likeness (QED) is 0.519. The zero-order valence-electron chi connectivity index (χ0n) is 5.18. The summed E-state index contributed by atoms with van der Waals surface area (Å²) in [5, 5.41) is 10.6. The van der Waals surface area contributed by atoms with E-state index in [-0.39, 0.29) is 0 Å². The van der Waals surface area contributed by atoms with E-state index in [1.165, 1.54) is 0 Å². The van der Waals surface area contributed by atoms with Gasteiger partial charge in [-0.1, -0.05) is 0 Å². The summed E-state index contributed by atoms with van der Waals surface area (Å²) in [4.78, 5) is 4.67. The second-order valence-corrected chi connectivity index (χ2v) is 1.70. The Morgan fingerprint density at radius 1 is 1.67 bits per heavy atom. The molecule has 1 heterocycles. The van der Waals surface area contributed by atoms with Crippen molar-refractivity contribution in [3.8, 4) is 0 Å². The fourth-order valence-corrected chi connectivity index (χ4v) is 0.483. The van der Waals surface area contributed by atoms with E-state index in [1.54, 1.807) is 6.92 Å². The van der Waals surface area contributed by atoms with Crippen LogP contribution < -0.4 is 0 Å². The molecule has 50 valence electrons. The molecule has 0 unspecified atom stereocenters. The lowest BCUT2D eigenvalue weighted by atomic mass is 10.4. The molecule has 0 aromatic heterocycles. The van der Waals surface area contributed by atoms with Crippen molar-refractivity contribution in [2.24, 2.45) is 5.16 Å². The molecule has 0 radical (unpaired) electrons. The summed E-state index contributed by atoms with van der Waals surface area (Å²) in [6.07, 6.45) is 0. The van der Waals surface area contributed by atoms with Crippen molar-refractivity contribution in [2.45, 2.75) is 6.92 Å². The summed E-state index contributed by atoms with van der Waals surface area (Å²) in [7, 11) is 0. The standard InChI is InChI=1S/C5H8N2O2/c1-4(6)5-7-9-3-2-8-5/h6H,2-3H2,1H3. The van der Waals surface area contributed by atoms with Gasteiger partial charge in [0, 0.05) is 0 Å². The molecule has 0 aromatic carbocycles. The van der Waals surface area contributed by atoms with Crippen molar-refractivity contribution in [1.82, 2.24) is 0 Å². The first-order valence-corrected chi connectivity index (χ1v) is 2.69.